The van der Waals surface area contributed by atoms with Crippen molar-refractivity contribution in [1.29, 1.82) is 0 Å². The third-order valence-corrected chi connectivity index (χ3v) is 4.96. The molecule has 3 aliphatic carbocycles. The minimum atomic E-state index is -0.176. The van der Waals surface area contributed by atoms with Gasteiger partial charge in [0.25, 0.3) is 0 Å². The normalized spacial score (nSPS) is 49.3. The van der Waals surface area contributed by atoms with Gasteiger partial charge in [0.2, 0.25) is 0 Å². The molecular weight excluding hydrogens is 188 g/mol. The van der Waals surface area contributed by atoms with Gasteiger partial charge < -0.3 is 10.2 Å². The highest BCUT2D eigenvalue weighted by Gasteiger charge is 2.54. The Morgan fingerprint density at radius 3 is 2.87 bits per heavy atom. The fraction of sp³-hybridized carbons (Fsp3) is 0.846. The number of hydrogen-bond donors (Lipinski definition) is 2. The molecule has 0 aromatic rings. The van der Waals surface area contributed by atoms with Crippen LogP contribution in [-0.4, -0.2) is 22.9 Å². The molecule has 3 saturated carbocycles. The number of hydrogen-bond acceptors (Lipinski definition) is 2. The Morgan fingerprint density at radius 2 is 2.27 bits per heavy atom. The Hall–Kier alpha value is -0.340. The van der Waals surface area contributed by atoms with E-state index in [0.29, 0.717) is 17.8 Å². The molecular formula is C13H22O2. The average molecular weight is 210 g/mol. The van der Waals surface area contributed by atoms with Crippen molar-refractivity contribution >= 4 is 0 Å². The quantitative estimate of drug-likeness (QED) is 0.699. The molecule has 0 heterocycles. The molecule has 0 spiro atoms. The van der Waals surface area contributed by atoms with Gasteiger partial charge in [-0.2, -0.15) is 0 Å². The van der Waals surface area contributed by atoms with Crippen LogP contribution in [0, 0.1) is 23.2 Å². The van der Waals surface area contributed by atoms with Crippen molar-refractivity contribution in [3.8, 4) is 0 Å². The second kappa shape index (κ2) is 3.91. The van der Waals surface area contributed by atoms with Gasteiger partial charge in [-0.3, -0.25) is 0 Å². The lowest BCUT2D eigenvalue weighted by molar-refractivity contribution is -0.147. The summed E-state index contributed by atoms with van der Waals surface area (Å²) >= 11 is 0. The zero-order valence-corrected chi connectivity index (χ0v) is 9.52. The van der Waals surface area contributed by atoms with Crippen molar-refractivity contribution in [2.45, 2.75) is 38.7 Å². The van der Waals surface area contributed by atoms with Gasteiger partial charge >= 0.3 is 0 Å². The number of allylic oxidation sites excluding steroid dienone is 1. The van der Waals surface area contributed by atoms with Crippen molar-refractivity contribution in [3.05, 3.63) is 12.7 Å². The Bertz CT molecular complexity index is 251. The summed E-state index contributed by atoms with van der Waals surface area (Å²) in [4.78, 5) is 0. The molecule has 2 nitrogen and oxygen atoms in total. The molecule has 15 heavy (non-hydrogen) atoms. The first kappa shape index (κ1) is 11.2. The Balaban J connectivity index is 2.25. The first-order valence-corrected chi connectivity index (χ1v) is 6.03. The molecule has 86 valence electrons. The summed E-state index contributed by atoms with van der Waals surface area (Å²) < 4.78 is 0. The fourth-order valence-corrected chi connectivity index (χ4v) is 3.84. The number of aliphatic hydroxyl groups is 2. The molecule has 0 unspecified atom stereocenters. The van der Waals surface area contributed by atoms with Crippen LogP contribution in [0.25, 0.3) is 0 Å². The number of rotatable bonds is 3. The van der Waals surface area contributed by atoms with E-state index in [0.717, 1.165) is 25.7 Å². The number of aliphatic hydroxyl groups excluding tert-OH is 2. The zero-order chi connectivity index (χ0) is 11.1. The highest BCUT2D eigenvalue weighted by atomic mass is 16.3. The fourth-order valence-electron chi connectivity index (χ4n) is 3.84. The van der Waals surface area contributed by atoms with Gasteiger partial charge in [-0.1, -0.05) is 13.0 Å². The van der Waals surface area contributed by atoms with Crippen LogP contribution in [0.3, 0.4) is 0 Å². The van der Waals surface area contributed by atoms with Crippen molar-refractivity contribution in [2.24, 2.45) is 23.2 Å². The molecule has 3 fully saturated rings. The van der Waals surface area contributed by atoms with Crippen molar-refractivity contribution in [3.63, 3.8) is 0 Å². The third kappa shape index (κ3) is 1.55. The third-order valence-electron chi connectivity index (χ3n) is 4.96. The van der Waals surface area contributed by atoms with E-state index in [-0.39, 0.29) is 18.1 Å². The zero-order valence-electron chi connectivity index (χ0n) is 9.52. The molecule has 2 heteroatoms. The topological polar surface area (TPSA) is 40.5 Å². The van der Waals surface area contributed by atoms with E-state index >= 15 is 0 Å². The highest BCUT2D eigenvalue weighted by Crippen LogP contribution is 2.57. The maximum Gasteiger partial charge on any atom is 0.0604 e. The van der Waals surface area contributed by atoms with Crippen LogP contribution >= 0.6 is 0 Å². The second-order valence-corrected chi connectivity index (χ2v) is 5.54. The summed E-state index contributed by atoms with van der Waals surface area (Å²) in [6.45, 7) is 6.29. The maximum atomic E-state index is 10.2. The molecule has 0 saturated heterocycles. The van der Waals surface area contributed by atoms with Gasteiger partial charge in [0.05, 0.1) is 6.10 Å². The van der Waals surface area contributed by atoms with Crippen molar-refractivity contribution < 1.29 is 10.2 Å². The van der Waals surface area contributed by atoms with Crippen LogP contribution in [0.15, 0.2) is 12.7 Å². The molecule has 0 aromatic heterocycles. The summed E-state index contributed by atoms with van der Waals surface area (Å²) in [6.07, 6.45) is 5.89. The van der Waals surface area contributed by atoms with Crippen LogP contribution < -0.4 is 0 Å². The largest absolute Gasteiger partial charge is 0.396 e. The van der Waals surface area contributed by atoms with Gasteiger partial charge in [0.15, 0.2) is 0 Å². The van der Waals surface area contributed by atoms with Gasteiger partial charge in [0.1, 0.15) is 0 Å². The average Bonchev–Trinajstić information content (AvgIpc) is 2.24. The molecule has 3 rings (SSSR count). The van der Waals surface area contributed by atoms with Crippen LogP contribution in [0.1, 0.15) is 32.6 Å². The Labute approximate surface area is 92.0 Å². The lowest BCUT2D eigenvalue weighted by Gasteiger charge is -2.57. The van der Waals surface area contributed by atoms with E-state index in [2.05, 4.69) is 13.5 Å². The molecule has 0 aromatic carbocycles. The molecule has 0 aliphatic heterocycles. The van der Waals surface area contributed by atoms with Crippen LogP contribution in [0.5, 0.6) is 0 Å². The minimum absolute atomic E-state index is 0.122. The summed E-state index contributed by atoms with van der Waals surface area (Å²) in [7, 11) is 0. The van der Waals surface area contributed by atoms with Crippen LogP contribution in [0.4, 0.5) is 0 Å². The second-order valence-electron chi connectivity index (χ2n) is 5.54. The first-order chi connectivity index (χ1) is 7.13. The van der Waals surface area contributed by atoms with Crippen LogP contribution in [-0.2, 0) is 0 Å². The van der Waals surface area contributed by atoms with E-state index in [1.165, 1.54) is 0 Å². The molecule has 5 atom stereocenters. The summed E-state index contributed by atoms with van der Waals surface area (Å²) in [5.74, 6) is 1.10. The Morgan fingerprint density at radius 1 is 1.53 bits per heavy atom. The Kier molecular flexibility index (Phi) is 2.91. The van der Waals surface area contributed by atoms with Crippen molar-refractivity contribution in [2.75, 3.05) is 6.61 Å². The maximum absolute atomic E-state index is 10.2. The summed E-state index contributed by atoms with van der Waals surface area (Å²) in [5.41, 5.74) is 0.122. The summed E-state index contributed by atoms with van der Waals surface area (Å²) in [5, 5.41) is 19.7. The monoisotopic (exact) mass is 210 g/mol. The highest BCUT2D eigenvalue weighted by molar-refractivity contribution is 5.05. The molecule has 2 bridgehead atoms. The van der Waals surface area contributed by atoms with Gasteiger partial charge in [-0.05, 0) is 48.9 Å². The van der Waals surface area contributed by atoms with E-state index in [1.807, 2.05) is 6.08 Å². The SMILES string of the molecule is C=CC[C@@H]1[C@H](O)[C@@H]2CC[C@@]1(C)[C@H](CO)C2. The van der Waals surface area contributed by atoms with Crippen LogP contribution in [0.2, 0.25) is 0 Å². The predicted octanol–water partition coefficient (Wildman–Crippen LogP) is 1.97. The lowest BCUT2D eigenvalue weighted by Crippen LogP contribution is -2.55. The smallest absolute Gasteiger partial charge is 0.0604 e. The predicted molar refractivity (Wildman–Crippen MR) is 60.3 cm³/mol. The molecule has 2 N–H and O–H groups in total. The standard InChI is InChI=1S/C13H22O2/c1-3-4-11-12(15)9-5-6-13(11,2)10(7-9)8-14/h3,9-12,14-15H,1,4-8H2,2H3/t9-,10+,11-,12-,13+/m1/s1. The van der Waals surface area contributed by atoms with Gasteiger partial charge in [0, 0.05) is 6.61 Å². The molecule has 3 aliphatic rings. The molecule has 0 amide bonds. The van der Waals surface area contributed by atoms with Crippen molar-refractivity contribution in [1.82, 2.24) is 0 Å². The van der Waals surface area contributed by atoms with Gasteiger partial charge in [-0.15, -0.1) is 6.58 Å². The lowest BCUT2D eigenvalue weighted by atomic mass is 9.49. The van der Waals surface area contributed by atoms with Gasteiger partial charge in [-0.25, -0.2) is 0 Å². The van der Waals surface area contributed by atoms with E-state index < -0.39 is 0 Å². The van der Waals surface area contributed by atoms with E-state index in [4.69, 9.17) is 0 Å². The van der Waals surface area contributed by atoms with E-state index in [9.17, 15) is 10.2 Å². The molecule has 0 radical (unpaired) electrons. The minimum Gasteiger partial charge on any atom is -0.396 e. The first-order valence-electron chi connectivity index (χ1n) is 6.03. The van der Waals surface area contributed by atoms with E-state index in [1.54, 1.807) is 0 Å². The summed E-state index contributed by atoms with van der Waals surface area (Å²) in [6, 6.07) is 0. The number of fused-ring (bicyclic) bond motifs is 3.